The van der Waals surface area contributed by atoms with Crippen molar-refractivity contribution in [2.45, 2.75) is 51.4 Å². The average molecular weight is 829 g/mol. The van der Waals surface area contributed by atoms with Gasteiger partial charge in [-0.3, -0.25) is 10.4 Å². The number of benzene rings is 4. The van der Waals surface area contributed by atoms with Crippen molar-refractivity contribution >= 4 is 46.9 Å². The van der Waals surface area contributed by atoms with Crippen molar-refractivity contribution in [1.29, 1.82) is 0 Å². The van der Waals surface area contributed by atoms with E-state index in [9.17, 15) is 19.2 Å². The van der Waals surface area contributed by atoms with Crippen LogP contribution < -0.4 is 24.4 Å². The lowest BCUT2D eigenvalue weighted by Crippen LogP contribution is -2.11. The van der Waals surface area contributed by atoms with E-state index in [4.69, 9.17) is 28.4 Å². The zero-order chi connectivity index (χ0) is 43.1. The second-order valence-corrected chi connectivity index (χ2v) is 13.4. The summed E-state index contributed by atoms with van der Waals surface area (Å²) in [5, 5.41) is 4.30. The quantitative estimate of drug-likeness (QED) is 0.0148. The molecule has 0 aliphatic carbocycles. The number of aromatic nitrogens is 2. The maximum absolute atomic E-state index is 13.3. The molecule has 0 saturated heterocycles. The van der Waals surface area contributed by atoms with Crippen LogP contribution in [-0.2, 0) is 19.1 Å². The molecule has 4 aromatic carbocycles. The molecule has 0 unspecified atom stereocenters. The summed E-state index contributed by atoms with van der Waals surface area (Å²) < 4.78 is 33.1. The summed E-state index contributed by atoms with van der Waals surface area (Å²) in [7, 11) is 0. The van der Waals surface area contributed by atoms with Crippen molar-refractivity contribution in [3.05, 3.63) is 139 Å². The number of carbonyl (C=O) groups excluding carboxylic acids is 4. The molecule has 0 spiro atoms. The molecule has 0 bridgehead atoms. The molecule has 1 heterocycles. The second-order valence-electron chi connectivity index (χ2n) is 13.4. The molecule has 0 aliphatic rings. The molecule has 61 heavy (non-hydrogen) atoms. The Hall–Kier alpha value is -7.35. The summed E-state index contributed by atoms with van der Waals surface area (Å²) in [5.41, 5.74) is 5.19. The van der Waals surface area contributed by atoms with Crippen LogP contribution in [0.1, 0.15) is 77.6 Å². The van der Waals surface area contributed by atoms with Crippen LogP contribution in [0.25, 0.3) is 11.0 Å². The van der Waals surface area contributed by atoms with Gasteiger partial charge in [0, 0.05) is 17.7 Å². The average Bonchev–Trinajstić information content (AvgIpc) is 3.29. The van der Waals surface area contributed by atoms with Gasteiger partial charge in [-0.15, -0.1) is 0 Å². The van der Waals surface area contributed by atoms with Crippen LogP contribution in [-0.4, -0.2) is 66.5 Å². The first-order valence-corrected chi connectivity index (χ1v) is 19.9. The van der Waals surface area contributed by atoms with Crippen LogP contribution in [0.5, 0.6) is 23.0 Å². The van der Waals surface area contributed by atoms with Crippen molar-refractivity contribution < 1.29 is 47.6 Å². The number of para-hydroxylation sites is 2. The van der Waals surface area contributed by atoms with Gasteiger partial charge in [-0.1, -0.05) is 25.3 Å². The predicted octanol–water partition coefficient (Wildman–Crippen LogP) is 8.85. The molecule has 316 valence electrons. The molecular formula is C47H48N4O10. The van der Waals surface area contributed by atoms with E-state index in [2.05, 4.69) is 33.7 Å². The van der Waals surface area contributed by atoms with Gasteiger partial charge >= 0.3 is 23.9 Å². The van der Waals surface area contributed by atoms with Gasteiger partial charge in [0.25, 0.3) is 0 Å². The highest BCUT2D eigenvalue weighted by Gasteiger charge is 2.15. The first kappa shape index (κ1) is 44.7. The minimum Gasteiger partial charge on any atom is -0.494 e. The lowest BCUT2D eigenvalue weighted by atomic mass is 10.2. The van der Waals surface area contributed by atoms with E-state index >= 15 is 0 Å². The Labute approximate surface area is 354 Å². The van der Waals surface area contributed by atoms with Crippen molar-refractivity contribution in [2.24, 2.45) is 5.10 Å². The number of rotatable bonds is 25. The van der Waals surface area contributed by atoms with Crippen LogP contribution in [0.15, 0.2) is 128 Å². The molecule has 14 heteroatoms. The summed E-state index contributed by atoms with van der Waals surface area (Å²) in [5.74, 6) is -0.100. The Morgan fingerprint density at radius 3 is 1.66 bits per heavy atom. The first-order chi connectivity index (χ1) is 29.8. The highest BCUT2D eigenvalue weighted by atomic mass is 16.5. The monoisotopic (exact) mass is 828 g/mol. The van der Waals surface area contributed by atoms with Crippen LogP contribution >= 0.6 is 0 Å². The van der Waals surface area contributed by atoms with Gasteiger partial charge in [0.1, 0.15) is 23.0 Å². The van der Waals surface area contributed by atoms with Gasteiger partial charge in [-0.05, 0) is 130 Å². The van der Waals surface area contributed by atoms with Crippen molar-refractivity contribution in [2.75, 3.05) is 31.9 Å². The highest BCUT2D eigenvalue weighted by molar-refractivity contribution is 5.94. The zero-order valence-corrected chi connectivity index (χ0v) is 33.8. The molecule has 1 aromatic heterocycles. The van der Waals surface area contributed by atoms with Crippen molar-refractivity contribution in [1.82, 2.24) is 9.97 Å². The summed E-state index contributed by atoms with van der Waals surface area (Å²) in [4.78, 5) is 57.6. The van der Waals surface area contributed by atoms with E-state index in [1.165, 1.54) is 24.4 Å². The number of hydrazone groups is 1. The number of carbonyl (C=O) groups is 4. The summed E-state index contributed by atoms with van der Waals surface area (Å²) in [6.45, 7) is 8.48. The maximum Gasteiger partial charge on any atom is 0.343 e. The molecule has 0 amide bonds. The number of unbranched alkanes of at least 4 members (excludes halogenated alkanes) is 6. The highest BCUT2D eigenvalue weighted by Crippen LogP contribution is 2.26. The number of anilines is 1. The molecule has 0 fully saturated rings. The molecule has 5 aromatic rings. The SMILES string of the molecule is C=CC(=O)OCCCCCCOc1ccc(C(=O)Oc2ccc(OC(=O)c3ccc(OCCCCCCOC(=O)C=C)cc3)c(/C=N/Nc3cnc4ccccc4n3)c2)cc1. The number of ether oxygens (including phenoxy) is 6. The molecule has 0 saturated carbocycles. The minimum atomic E-state index is -0.620. The van der Waals surface area contributed by atoms with E-state index < -0.39 is 23.9 Å². The van der Waals surface area contributed by atoms with Crippen LogP contribution in [0.3, 0.4) is 0 Å². The Morgan fingerprint density at radius 1 is 0.590 bits per heavy atom. The van der Waals surface area contributed by atoms with E-state index in [0.29, 0.717) is 66.0 Å². The number of nitrogens with one attached hydrogen (secondary N) is 1. The fraction of sp³-hybridized carbons (Fsp3) is 0.255. The van der Waals surface area contributed by atoms with E-state index in [1.807, 2.05) is 24.3 Å². The van der Waals surface area contributed by atoms with Gasteiger partial charge in [-0.2, -0.15) is 5.10 Å². The fourth-order valence-corrected chi connectivity index (χ4v) is 5.62. The third-order valence-electron chi connectivity index (χ3n) is 8.84. The van der Waals surface area contributed by atoms with Gasteiger partial charge in [0.15, 0.2) is 5.82 Å². The lowest BCUT2D eigenvalue weighted by Gasteiger charge is -2.11. The van der Waals surface area contributed by atoms with Crippen molar-refractivity contribution in [3.8, 4) is 23.0 Å². The molecule has 1 N–H and O–H groups in total. The predicted molar refractivity (Wildman–Crippen MR) is 230 cm³/mol. The van der Waals surface area contributed by atoms with Crippen LogP contribution in [0, 0.1) is 0 Å². The van der Waals surface area contributed by atoms with Crippen LogP contribution in [0.2, 0.25) is 0 Å². The molecule has 0 aliphatic heterocycles. The number of hydrogen-bond acceptors (Lipinski definition) is 14. The Bertz CT molecular complexity index is 2280. The minimum absolute atomic E-state index is 0.164. The molecular weight excluding hydrogens is 781 g/mol. The Balaban J connectivity index is 1.16. The zero-order valence-electron chi connectivity index (χ0n) is 33.8. The normalized spacial score (nSPS) is 10.8. The van der Waals surface area contributed by atoms with Gasteiger partial charge < -0.3 is 28.4 Å². The molecule has 14 nitrogen and oxygen atoms in total. The smallest absolute Gasteiger partial charge is 0.343 e. The van der Waals surface area contributed by atoms with E-state index in [0.717, 1.165) is 69.0 Å². The lowest BCUT2D eigenvalue weighted by molar-refractivity contribution is -0.138. The second kappa shape index (κ2) is 24.5. The van der Waals surface area contributed by atoms with Gasteiger partial charge in [0.05, 0.1) is 61.0 Å². The molecule has 5 rings (SSSR count). The van der Waals surface area contributed by atoms with E-state index in [1.54, 1.807) is 54.7 Å². The Morgan fingerprint density at radius 2 is 1.10 bits per heavy atom. The van der Waals surface area contributed by atoms with Gasteiger partial charge in [-0.25, -0.2) is 24.2 Å². The number of esters is 4. The van der Waals surface area contributed by atoms with E-state index in [-0.39, 0.29) is 11.5 Å². The molecule has 0 radical (unpaired) electrons. The molecule has 0 atom stereocenters. The number of nitrogens with zero attached hydrogens (tertiary/aromatic N) is 3. The summed E-state index contributed by atoms with van der Waals surface area (Å²) in [6.07, 6.45) is 12.1. The van der Waals surface area contributed by atoms with Gasteiger partial charge in [0.2, 0.25) is 0 Å². The topological polar surface area (TPSA) is 174 Å². The number of fused-ring (bicyclic) bond motifs is 1. The third-order valence-corrected chi connectivity index (χ3v) is 8.84. The summed E-state index contributed by atoms with van der Waals surface area (Å²) in [6, 6.07) is 25.2. The first-order valence-electron chi connectivity index (χ1n) is 19.9. The summed E-state index contributed by atoms with van der Waals surface area (Å²) >= 11 is 0. The number of hydrogen-bond donors (Lipinski definition) is 1. The third kappa shape index (κ3) is 15.4. The Kier molecular flexibility index (Phi) is 18.0. The van der Waals surface area contributed by atoms with Crippen LogP contribution in [0.4, 0.5) is 5.82 Å². The fourth-order valence-electron chi connectivity index (χ4n) is 5.62. The largest absolute Gasteiger partial charge is 0.494 e. The van der Waals surface area contributed by atoms with Crippen molar-refractivity contribution in [3.63, 3.8) is 0 Å². The standard InChI is InChI=1S/C47H48N4O10/c1-3-44(52)58-29-13-7-5-11-27-56-37-21-17-34(18-22-37)46(54)60-39-25-26-42(36(31-39)32-49-51-43-33-48-40-15-9-10-16-41(40)50-43)61-47(55)35-19-23-38(24-20-35)57-28-12-6-8-14-30-59-45(53)4-2/h3-4,9-10,15-26,31-33H,1-2,5-8,11-14,27-30H2,(H,50,51)/b49-32+. The maximum atomic E-state index is 13.3.